The predicted molar refractivity (Wildman–Crippen MR) is 94.5 cm³/mol. The standard InChI is InChI=1S/C17H22N4O2S/c1-3-7-15(13-8-5-4-6-9-13)19-17(23)21-20-16(22)10-14-11-24-12(2)18-14/h4-6,8-9,11,15H,3,7,10H2,1-2H3,(H,20,22)(H2,19,21,23)/t15-/m0/s1. The van der Waals surface area contributed by atoms with E-state index >= 15 is 0 Å². The average molecular weight is 346 g/mol. The van der Waals surface area contributed by atoms with Gasteiger partial charge in [-0.1, -0.05) is 43.7 Å². The number of rotatable bonds is 6. The van der Waals surface area contributed by atoms with Crippen LogP contribution in [-0.2, 0) is 11.2 Å². The van der Waals surface area contributed by atoms with Crippen LogP contribution < -0.4 is 16.2 Å². The third-order valence-electron chi connectivity index (χ3n) is 3.41. The highest BCUT2D eigenvalue weighted by atomic mass is 32.1. The smallest absolute Gasteiger partial charge is 0.330 e. The highest BCUT2D eigenvalue weighted by Crippen LogP contribution is 2.17. The number of amides is 3. The number of nitrogens with one attached hydrogen (secondary N) is 3. The molecular weight excluding hydrogens is 324 g/mol. The second-order valence-corrected chi connectivity index (χ2v) is 6.50. The number of hydrogen-bond donors (Lipinski definition) is 3. The van der Waals surface area contributed by atoms with Crippen molar-refractivity contribution in [3.05, 3.63) is 52.0 Å². The molecule has 24 heavy (non-hydrogen) atoms. The molecule has 3 amide bonds. The fraction of sp³-hybridized carbons (Fsp3) is 0.353. The van der Waals surface area contributed by atoms with Gasteiger partial charge in [-0.3, -0.25) is 10.2 Å². The third-order valence-corrected chi connectivity index (χ3v) is 4.23. The minimum absolute atomic E-state index is 0.0886. The van der Waals surface area contributed by atoms with E-state index in [0.717, 1.165) is 23.4 Å². The summed E-state index contributed by atoms with van der Waals surface area (Å²) in [4.78, 5) is 28.1. The summed E-state index contributed by atoms with van der Waals surface area (Å²) >= 11 is 1.49. The van der Waals surface area contributed by atoms with Crippen LogP contribution in [0.15, 0.2) is 35.7 Å². The summed E-state index contributed by atoms with van der Waals surface area (Å²) < 4.78 is 0. The number of nitrogens with zero attached hydrogens (tertiary/aromatic N) is 1. The van der Waals surface area contributed by atoms with Crippen LogP contribution in [-0.4, -0.2) is 16.9 Å². The van der Waals surface area contributed by atoms with E-state index in [1.54, 1.807) is 0 Å². The molecule has 2 aromatic rings. The zero-order valence-electron chi connectivity index (χ0n) is 13.8. The van der Waals surface area contributed by atoms with Gasteiger partial charge in [0.1, 0.15) is 0 Å². The van der Waals surface area contributed by atoms with Crippen molar-refractivity contribution in [3.8, 4) is 0 Å². The molecule has 0 bridgehead atoms. The number of carbonyl (C=O) groups is 2. The lowest BCUT2D eigenvalue weighted by atomic mass is 10.0. The molecule has 1 atom stereocenters. The second-order valence-electron chi connectivity index (χ2n) is 5.43. The first kappa shape index (κ1) is 17.9. The first-order valence-electron chi connectivity index (χ1n) is 7.89. The van der Waals surface area contributed by atoms with E-state index in [1.807, 2.05) is 42.6 Å². The minimum atomic E-state index is -0.430. The van der Waals surface area contributed by atoms with Crippen LogP contribution in [0, 0.1) is 6.92 Å². The van der Waals surface area contributed by atoms with Crippen LogP contribution in [0.4, 0.5) is 4.79 Å². The molecule has 0 spiro atoms. The number of urea groups is 1. The van der Waals surface area contributed by atoms with E-state index < -0.39 is 6.03 Å². The number of hydrogen-bond acceptors (Lipinski definition) is 4. The van der Waals surface area contributed by atoms with Crippen LogP contribution in [0.1, 0.15) is 42.1 Å². The molecule has 0 aliphatic carbocycles. The molecule has 1 aromatic heterocycles. The summed E-state index contributed by atoms with van der Waals surface area (Å²) in [6.07, 6.45) is 1.90. The molecule has 0 saturated carbocycles. The monoisotopic (exact) mass is 346 g/mol. The molecule has 1 heterocycles. The van der Waals surface area contributed by atoms with Gasteiger partial charge in [-0.2, -0.15) is 0 Å². The fourth-order valence-electron chi connectivity index (χ4n) is 2.32. The van der Waals surface area contributed by atoms with Crippen molar-refractivity contribution in [2.45, 2.75) is 39.2 Å². The Bertz CT molecular complexity index is 672. The van der Waals surface area contributed by atoms with Gasteiger partial charge >= 0.3 is 6.03 Å². The maximum Gasteiger partial charge on any atom is 0.333 e. The molecule has 7 heteroatoms. The van der Waals surface area contributed by atoms with Crippen LogP contribution >= 0.6 is 11.3 Å². The lowest BCUT2D eigenvalue weighted by molar-refractivity contribution is -0.121. The maximum atomic E-state index is 12.0. The van der Waals surface area contributed by atoms with Gasteiger partial charge in [-0.25, -0.2) is 15.2 Å². The summed E-state index contributed by atoms with van der Waals surface area (Å²) in [5.74, 6) is -0.304. The molecule has 0 unspecified atom stereocenters. The Morgan fingerprint density at radius 2 is 1.96 bits per heavy atom. The van der Waals surface area contributed by atoms with Gasteiger partial charge in [0.2, 0.25) is 5.91 Å². The molecule has 0 fully saturated rings. The highest BCUT2D eigenvalue weighted by Gasteiger charge is 2.14. The topological polar surface area (TPSA) is 83.1 Å². The molecule has 2 rings (SSSR count). The van der Waals surface area contributed by atoms with E-state index in [2.05, 4.69) is 28.1 Å². The van der Waals surface area contributed by atoms with Crippen molar-refractivity contribution in [1.82, 2.24) is 21.2 Å². The largest absolute Gasteiger partial charge is 0.333 e. The Balaban J connectivity index is 1.81. The molecule has 0 saturated heterocycles. The van der Waals surface area contributed by atoms with Crippen molar-refractivity contribution in [1.29, 1.82) is 0 Å². The molecule has 3 N–H and O–H groups in total. The van der Waals surface area contributed by atoms with Crippen molar-refractivity contribution < 1.29 is 9.59 Å². The van der Waals surface area contributed by atoms with E-state index in [9.17, 15) is 9.59 Å². The third kappa shape index (κ3) is 5.66. The quantitative estimate of drug-likeness (QED) is 0.703. The Hall–Kier alpha value is -2.41. The van der Waals surface area contributed by atoms with E-state index in [-0.39, 0.29) is 18.4 Å². The van der Waals surface area contributed by atoms with Crippen molar-refractivity contribution >= 4 is 23.3 Å². The first-order valence-corrected chi connectivity index (χ1v) is 8.77. The fourth-order valence-corrected chi connectivity index (χ4v) is 2.93. The molecule has 0 aliphatic heterocycles. The summed E-state index contributed by atoms with van der Waals surface area (Å²) in [6, 6.07) is 9.25. The SMILES string of the molecule is CCC[C@H](NC(=O)NNC(=O)Cc1csc(C)n1)c1ccccc1. The van der Waals surface area contributed by atoms with Crippen LogP contribution in [0.3, 0.4) is 0 Å². The van der Waals surface area contributed by atoms with E-state index in [4.69, 9.17) is 0 Å². The normalized spacial score (nSPS) is 11.6. The molecule has 128 valence electrons. The predicted octanol–water partition coefficient (Wildman–Crippen LogP) is 2.87. The van der Waals surface area contributed by atoms with Gasteiger partial charge in [0.25, 0.3) is 0 Å². The number of thiazole rings is 1. The van der Waals surface area contributed by atoms with Crippen LogP contribution in [0.25, 0.3) is 0 Å². The second kappa shape index (κ2) is 9.02. The maximum absolute atomic E-state index is 12.0. The van der Waals surface area contributed by atoms with Crippen molar-refractivity contribution in [3.63, 3.8) is 0 Å². The van der Waals surface area contributed by atoms with Crippen LogP contribution in [0.2, 0.25) is 0 Å². The molecule has 0 radical (unpaired) electrons. The number of aryl methyl sites for hydroxylation is 1. The van der Waals surface area contributed by atoms with E-state index in [1.165, 1.54) is 11.3 Å². The first-order chi connectivity index (χ1) is 11.6. The van der Waals surface area contributed by atoms with Crippen molar-refractivity contribution in [2.75, 3.05) is 0 Å². The molecular formula is C17H22N4O2S. The highest BCUT2D eigenvalue weighted by molar-refractivity contribution is 7.09. The Labute approximate surface area is 145 Å². The Morgan fingerprint density at radius 3 is 2.58 bits per heavy atom. The lowest BCUT2D eigenvalue weighted by Crippen LogP contribution is -2.48. The summed E-state index contributed by atoms with van der Waals surface area (Å²) in [6.45, 7) is 3.95. The molecule has 6 nitrogen and oxygen atoms in total. The molecule has 1 aromatic carbocycles. The van der Waals surface area contributed by atoms with Gasteiger partial charge in [0.05, 0.1) is 23.2 Å². The van der Waals surface area contributed by atoms with Gasteiger partial charge in [-0.15, -0.1) is 11.3 Å². The Morgan fingerprint density at radius 1 is 1.21 bits per heavy atom. The summed E-state index contributed by atoms with van der Waals surface area (Å²) in [7, 11) is 0. The zero-order valence-corrected chi connectivity index (χ0v) is 14.7. The average Bonchev–Trinajstić information content (AvgIpc) is 2.98. The van der Waals surface area contributed by atoms with Gasteiger partial charge in [0.15, 0.2) is 0 Å². The lowest BCUT2D eigenvalue weighted by Gasteiger charge is -2.19. The number of carbonyl (C=O) groups excluding carboxylic acids is 2. The summed E-state index contributed by atoms with van der Waals surface area (Å²) in [5, 5.41) is 5.63. The van der Waals surface area contributed by atoms with E-state index in [0.29, 0.717) is 5.69 Å². The van der Waals surface area contributed by atoms with Gasteiger partial charge < -0.3 is 5.32 Å². The Kier molecular flexibility index (Phi) is 6.74. The van der Waals surface area contributed by atoms with Gasteiger partial charge in [-0.05, 0) is 18.9 Å². The molecule has 0 aliphatic rings. The number of aromatic nitrogens is 1. The van der Waals surface area contributed by atoms with Crippen LogP contribution in [0.5, 0.6) is 0 Å². The number of benzene rings is 1. The number of hydrazine groups is 1. The summed E-state index contributed by atoms with van der Waals surface area (Å²) in [5.41, 5.74) is 6.54. The van der Waals surface area contributed by atoms with Gasteiger partial charge in [0, 0.05) is 5.38 Å². The van der Waals surface area contributed by atoms with Crippen molar-refractivity contribution in [2.24, 2.45) is 0 Å². The zero-order chi connectivity index (χ0) is 17.4. The minimum Gasteiger partial charge on any atom is -0.330 e.